The van der Waals surface area contributed by atoms with E-state index in [1.165, 1.54) is 24.3 Å². The zero-order valence-electron chi connectivity index (χ0n) is 21.4. The zero-order valence-corrected chi connectivity index (χ0v) is 22.2. The maximum Gasteiger partial charge on any atom is 0.308 e. The fourth-order valence-corrected chi connectivity index (χ4v) is 6.33. The monoisotopic (exact) mass is 513 g/mol. The summed E-state index contributed by atoms with van der Waals surface area (Å²) < 4.78 is 32.9. The Morgan fingerprint density at radius 3 is 2.39 bits per heavy atom. The van der Waals surface area contributed by atoms with Crippen LogP contribution >= 0.6 is 0 Å². The Kier molecular flexibility index (Phi) is 9.17. The van der Waals surface area contributed by atoms with Crippen molar-refractivity contribution < 1.29 is 17.9 Å². The fourth-order valence-electron chi connectivity index (χ4n) is 5.09. The smallest absolute Gasteiger partial charge is 0.308 e. The van der Waals surface area contributed by atoms with Gasteiger partial charge in [-0.2, -0.15) is 0 Å². The lowest BCUT2D eigenvalue weighted by Crippen LogP contribution is -2.53. The number of nitrogens with one attached hydrogen (secondary N) is 1. The molecule has 4 rings (SSSR count). The minimum absolute atomic E-state index is 0.0529. The van der Waals surface area contributed by atoms with E-state index in [0.717, 1.165) is 50.4 Å². The number of nitrogens with zero attached hydrogens (tertiary/aromatic N) is 2. The Morgan fingerprint density at radius 2 is 1.75 bits per heavy atom. The number of hydrogen-bond acceptors (Lipinski definition) is 6. The summed E-state index contributed by atoms with van der Waals surface area (Å²) in [5, 5.41) is 3.70. The molecule has 0 aromatic heterocycles. The minimum Gasteiger partial charge on any atom is -0.469 e. The molecule has 36 heavy (non-hydrogen) atoms. The molecule has 3 unspecified atom stereocenters. The van der Waals surface area contributed by atoms with E-state index in [-0.39, 0.29) is 24.0 Å². The van der Waals surface area contributed by atoms with Crippen LogP contribution in [0.25, 0.3) is 0 Å². The van der Waals surface area contributed by atoms with Crippen molar-refractivity contribution in [3.05, 3.63) is 66.2 Å². The van der Waals surface area contributed by atoms with Crippen LogP contribution in [-0.2, 0) is 19.6 Å². The van der Waals surface area contributed by atoms with Crippen LogP contribution in [0.2, 0.25) is 0 Å². The van der Waals surface area contributed by atoms with Gasteiger partial charge in [-0.15, -0.1) is 0 Å². The molecule has 1 saturated carbocycles. The van der Waals surface area contributed by atoms with E-state index in [1.54, 1.807) is 31.3 Å². The summed E-state index contributed by atoms with van der Waals surface area (Å²) in [4.78, 5) is 15.0. The quantitative estimate of drug-likeness (QED) is 0.436. The number of methoxy groups -OCH3 is 1. The van der Waals surface area contributed by atoms with Crippen molar-refractivity contribution in [2.75, 3.05) is 40.3 Å². The first-order valence-electron chi connectivity index (χ1n) is 13.0. The molecule has 0 bridgehead atoms. The SMILES string of the molecule is COC(=O)C1CCN(CCC(CN(C)S(=O)(=O)c2ccccc2)c2ccccc2)C(NCC2CC2)C1. The molecule has 2 fully saturated rings. The van der Waals surface area contributed by atoms with E-state index in [4.69, 9.17) is 4.74 Å². The van der Waals surface area contributed by atoms with Crippen molar-refractivity contribution >= 4 is 16.0 Å². The van der Waals surface area contributed by atoms with Crippen LogP contribution in [0.4, 0.5) is 0 Å². The lowest BCUT2D eigenvalue weighted by atomic mass is 9.92. The number of piperidine rings is 1. The lowest BCUT2D eigenvalue weighted by Gasteiger charge is -2.40. The third-order valence-corrected chi connectivity index (χ3v) is 9.39. The number of rotatable bonds is 12. The fraction of sp³-hybridized carbons (Fsp3) is 0.536. The molecule has 3 atom stereocenters. The molecule has 2 aliphatic rings. The average Bonchev–Trinajstić information content (AvgIpc) is 3.75. The van der Waals surface area contributed by atoms with E-state index < -0.39 is 10.0 Å². The predicted octanol–water partition coefficient (Wildman–Crippen LogP) is 3.69. The third-order valence-electron chi connectivity index (χ3n) is 7.55. The number of carbonyl (C=O) groups is 1. The Bertz CT molecular complexity index is 1080. The topological polar surface area (TPSA) is 79.0 Å². The summed E-state index contributed by atoms with van der Waals surface area (Å²) in [7, 11) is -0.440. The molecular weight excluding hydrogens is 474 g/mol. The summed E-state index contributed by atoms with van der Waals surface area (Å²) in [5.41, 5.74) is 1.14. The summed E-state index contributed by atoms with van der Waals surface area (Å²) in [6.07, 6.45) is 5.04. The maximum atomic E-state index is 13.2. The van der Waals surface area contributed by atoms with Gasteiger partial charge in [-0.25, -0.2) is 12.7 Å². The summed E-state index contributed by atoms with van der Waals surface area (Å²) in [6.45, 7) is 3.03. The number of likely N-dealkylation sites (N-methyl/N-ethyl adjacent to an activating group) is 1. The molecule has 1 aliphatic carbocycles. The number of hydrogen-bond donors (Lipinski definition) is 1. The number of sulfonamides is 1. The number of likely N-dealkylation sites (tertiary alicyclic amines) is 1. The van der Waals surface area contributed by atoms with E-state index in [2.05, 4.69) is 22.3 Å². The van der Waals surface area contributed by atoms with E-state index in [9.17, 15) is 13.2 Å². The second kappa shape index (κ2) is 12.3. The van der Waals surface area contributed by atoms with Crippen LogP contribution in [0.1, 0.15) is 43.6 Å². The number of ether oxygens (including phenoxy) is 1. The number of carbonyl (C=O) groups excluding carboxylic acids is 1. The Hall–Kier alpha value is -2.26. The van der Waals surface area contributed by atoms with Gasteiger partial charge in [0.15, 0.2) is 0 Å². The first-order valence-corrected chi connectivity index (χ1v) is 14.4. The van der Waals surface area contributed by atoms with Gasteiger partial charge in [0, 0.05) is 26.7 Å². The van der Waals surface area contributed by atoms with Crippen LogP contribution in [0.15, 0.2) is 65.6 Å². The molecule has 0 amide bonds. The highest BCUT2D eigenvalue weighted by Gasteiger charge is 2.34. The largest absolute Gasteiger partial charge is 0.469 e. The van der Waals surface area contributed by atoms with Crippen molar-refractivity contribution in [2.24, 2.45) is 11.8 Å². The van der Waals surface area contributed by atoms with Crippen LogP contribution < -0.4 is 5.32 Å². The van der Waals surface area contributed by atoms with Gasteiger partial charge in [0.25, 0.3) is 0 Å². The highest BCUT2D eigenvalue weighted by atomic mass is 32.2. The van der Waals surface area contributed by atoms with E-state index in [0.29, 0.717) is 11.4 Å². The number of benzene rings is 2. The number of esters is 1. The summed E-state index contributed by atoms with van der Waals surface area (Å²) in [5.74, 6) is 0.606. The average molecular weight is 514 g/mol. The Balaban J connectivity index is 1.45. The zero-order chi connectivity index (χ0) is 25.5. The molecule has 1 heterocycles. The van der Waals surface area contributed by atoms with Gasteiger partial charge in [0.05, 0.1) is 24.1 Å². The second-order valence-electron chi connectivity index (χ2n) is 10.1. The molecule has 0 spiro atoms. The molecule has 1 saturated heterocycles. The highest BCUT2D eigenvalue weighted by Crippen LogP contribution is 2.30. The van der Waals surface area contributed by atoms with Crippen LogP contribution in [0, 0.1) is 11.8 Å². The first kappa shape index (κ1) is 26.8. The molecule has 8 heteroatoms. The minimum atomic E-state index is -3.57. The molecule has 196 valence electrons. The highest BCUT2D eigenvalue weighted by molar-refractivity contribution is 7.89. The van der Waals surface area contributed by atoms with E-state index >= 15 is 0 Å². The van der Waals surface area contributed by atoms with Gasteiger partial charge < -0.3 is 10.1 Å². The van der Waals surface area contributed by atoms with Crippen molar-refractivity contribution in [3.63, 3.8) is 0 Å². The van der Waals surface area contributed by atoms with Crippen molar-refractivity contribution in [3.8, 4) is 0 Å². The normalized spacial score (nSPS) is 21.9. The summed E-state index contributed by atoms with van der Waals surface area (Å²) in [6, 6.07) is 18.8. The third kappa shape index (κ3) is 6.94. The molecule has 7 nitrogen and oxygen atoms in total. The van der Waals surface area contributed by atoms with E-state index in [1.807, 2.05) is 24.3 Å². The van der Waals surface area contributed by atoms with Crippen LogP contribution in [0.5, 0.6) is 0 Å². The second-order valence-corrected chi connectivity index (χ2v) is 12.2. The van der Waals surface area contributed by atoms with Crippen LogP contribution in [0.3, 0.4) is 0 Å². The van der Waals surface area contributed by atoms with Gasteiger partial charge in [-0.3, -0.25) is 9.69 Å². The van der Waals surface area contributed by atoms with Crippen LogP contribution in [-0.4, -0.2) is 70.1 Å². The summed E-state index contributed by atoms with van der Waals surface area (Å²) >= 11 is 0. The first-order chi connectivity index (χ1) is 17.4. The Morgan fingerprint density at radius 1 is 1.08 bits per heavy atom. The molecule has 1 aliphatic heterocycles. The maximum absolute atomic E-state index is 13.2. The molecular formula is C28H39N3O4S. The van der Waals surface area contributed by atoms with Crippen molar-refractivity contribution in [1.82, 2.24) is 14.5 Å². The Labute approximate surface area is 215 Å². The predicted molar refractivity (Wildman–Crippen MR) is 141 cm³/mol. The van der Waals surface area contributed by atoms with Gasteiger partial charge in [-0.05, 0) is 68.2 Å². The van der Waals surface area contributed by atoms with Gasteiger partial charge in [0.2, 0.25) is 10.0 Å². The standard InChI is InChI=1S/C28H39N3O4S/c1-30(36(33,34)26-11-7-4-8-12-26)21-25(23-9-5-3-6-10-23)16-18-31-17-15-24(28(32)35-2)19-27(31)29-20-22-13-14-22/h3-12,22,24-25,27,29H,13-21H2,1-2H3. The van der Waals surface area contributed by atoms with Crippen molar-refractivity contribution in [1.29, 1.82) is 0 Å². The molecule has 2 aromatic rings. The van der Waals surface area contributed by atoms with Gasteiger partial charge in [-0.1, -0.05) is 48.5 Å². The molecule has 1 N–H and O–H groups in total. The molecule has 2 aromatic carbocycles. The van der Waals surface area contributed by atoms with Gasteiger partial charge in [0.1, 0.15) is 0 Å². The van der Waals surface area contributed by atoms with Gasteiger partial charge >= 0.3 is 5.97 Å². The lowest BCUT2D eigenvalue weighted by molar-refractivity contribution is -0.148. The van der Waals surface area contributed by atoms with Crippen molar-refractivity contribution in [2.45, 2.75) is 49.1 Å². The molecule has 0 radical (unpaired) electrons.